The second kappa shape index (κ2) is 5.50. The quantitative estimate of drug-likeness (QED) is 0.909. The van der Waals surface area contributed by atoms with Gasteiger partial charge < -0.3 is 15.2 Å². The van der Waals surface area contributed by atoms with Gasteiger partial charge in [0.1, 0.15) is 0 Å². The third-order valence-corrected chi connectivity index (χ3v) is 3.09. The third-order valence-electron chi connectivity index (χ3n) is 3.09. The molecule has 0 aliphatic heterocycles. The van der Waals surface area contributed by atoms with Gasteiger partial charge in [0.05, 0.1) is 6.04 Å². The Bertz CT molecular complexity index is 562. The molecule has 1 unspecified atom stereocenters. The lowest BCUT2D eigenvalue weighted by Crippen LogP contribution is -2.26. The van der Waals surface area contributed by atoms with E-state index < -0.39 is 0 Å². The van der Waals surface area contributed by atoms with Crippen LogP contribution in [0.1, 0.15) is 23.0 Å². The lowest BCUT2D eigenvalue weighted by molar-refractivity contribution is 0.357. The van der Waals surface area contributed by atoms with Gasteiger partial charge in [0, 0.05) is 12.1 Å². The molecule has 0 aliphatic carbocycles. The Morgan fingerprint density at radius 2 is 2.00 bits per heavy atom. The maximum Gasteiger partial charge on any atom is 0.257 e. The summed E-state index contributed by atoms with van der Waals surface area (Å²) >= 11 is 0. The summed E-state index contributed by atoms with van der Waals surface area (Å²) in [4.78, 5) is 6.37. The van der Waals surface area contributed by atoms with Crippen molar-refractivity contribution in [1.29, 1.82) is 0 Å². The summed E-state index contributed by atoms with van der Waals surface area (Å²) in [6.07, 6.45) is 0. The molecule has 102 valence electrons. The van der Waals surface area contributed by atoms with Crippen LogP contribution >= 0.6 is 0 Å². The average Bonchev–Trinajstić information content (AvgIpc) is 2.81. The fraction of sp³-hybridized carbons (Fsp3) is 0.429. The highest BCUT2D eigenvalue weighted by Crippen LogP contribution is 2.21. The monoisotopic (exact) mass is 260 g/mol. The highest BCUT2D eigenvalue weighted by molar-refractivity contribution is 5.55. The normalized spacial score (nSPS) is 12.9. The summed E-state index contributed by atoms with van der Waals surface area (Å²) in [6.45, 7) is 4.82. The highest BCUT2D eigenvalue weighted by Gasteiger charge is 2.16. The number of nitrogens with zero attached hydrogens (tertiary/aromatic N) is 3. The third kappa shape index (κ3) is 3.19. The molecule has 2 rings (SSSR count). The summed E-state index contributed by atoms with van der Waals surface area (Å²) in [5.74, 6) is 1.06. The van der Waals surface area contributed by atoms with Gasteiger partial charge in [-0.3, -0.25) is 0 Å². The minimum absolute atomic E-state index is 0.237. The number of rotatable bonds is 4. The van der Waals surface area contributed by atoms with Crippen LogP contribution in [-0.2, 0) is 0 Å². The zero-order valence-corrected chi connectivity index (χ0v) is 11.8. The summed E-state index contributed by atoms with van der Waals surface area (Å²) in [5, 5.41) is 3.96. The number of aryl methyl sites for hydroxylation is 2. The molecule has 5 heteroatoms. The zero-order valence-electron chi connectivity index (χ0n) is 11.8. The fourth-order valence-electron chi connectivity index (χ4n) is 1.85. The van der Waals surface area contributed by atoms with Crippen molar-refractivity contribution in [1.82, 2.24) is 15.0 Å². The molecule has 1 aromatic heterocycles. The fourth-order valence-corrected chi connectivity index (χ4v) is 1.85. The van der Waals surface area contributed by atoms with Crippen molar-refractivity contribution >= 4 is 0 Å². The Kier molecular flexibility index (Phi) is 3.97. The van der Waals surface area contributed by atoms with E-state index in [4.69, 9.17) is 10.3 Å². The summed E-state index contributed by atoms with van der Waals surface area (Å²) < 4.78 is 5.29. The van der Waals surface area contributed by atoms with Crippen molar-refractivity contribution in [2.24, 2.45) is 5.73 Å². The van der Waals surface area contributed by atoms with E-state index in [1.807, 2.05) is 37.2 Å². The van der Waals surface area contributed by atoms with E-state index in [-0.39, 0.29) is 6.04 Å². The molecule has 19 heavy (non-hydrogen) atoms. The molecule has 0 spiro atoms. The van der Waals surface area contributed by atoms with Gasteiger partial charge in [-0.05, 0) is 51.2 Å². The van der Waals surface area contributed by atoms with Gasteiger partial charge in [0.15, 0.2) is 5.82 Å². The van der Waals surface area contributed by atoms with Crippen molar-refractivity contribution in [2.75, 3.05) is 20.6 Å². The van der Waals surface area contributed by atoms with Crippen LogP contribution in [0.2, 0.25) is 0 Å². The van der Waals surface area contributed by atoms with Crippen LogP contribution in [0, 0.1) is 13.8 Å². The standard InChI is InChI=1S/C14H20N4O/c1-9-5-6-11(7-10(9)2)14-16-13(17-19-14)12(15)8-18(3)4/h5-7,12H,8,15H2,1-4H3. The van der Waals surface area contributed by atoms with E-state index >= 15 is 0 Å². The first-order chi connectivity index (χ1) is 8.97. The zero-order chi connectivity index (χ0) is 14.0. The van der Waals surface area contributed by atoms with E-state index in [0.29, 0.717) is 18.3 Å². The van der Waals surface area contributed by atoms with E-state index in [2.05, 4.69) is 24.0 Å². The smallest absolute Gasteiger partial charge is 0.257 e. The molecule has 0 amide bonds. The maximum atomic E-state index is 6.01. The number of benzene rings is 1. The van der Waals surface area contributed by atoms with E-state index in [0.717, 1.165) is 5.56 Å². The SMILES string of the molecule is Cc1ccc(-c2nc(C(N)CN(C)C)no2)cc1C. The average molecular weight is 260 g/mol. The second-order valence-corrected chi connectivity index (χ2v) is 5.13. The van der Waals surface area contributed by atoms with E-state index in [1.165, 1.54) is 11.1 Å². The summed E-state index contributed by atoms with van der Waals surface area (Å²) in [7, 11) is 3.92. The van der Waals surface area contributed by atoms with Gasteiger partial charge in [0.2, 0.25) is 0 Å². The van der Waals surface area contributed by atoms with Crippen LogP contribution in [0.4, 0.5) is 0 Å². The molecular weight excluding hydrogens is 240 g/mol. The lowest BCUT2D eigenvalue weighted by atomic mass is 10.1. The van der Waals surface area contributed by atoms with Gasteiger partial charge in [-0.1, -0.05) is 11.2 Å². The number of hydrogen-bond acceptors (Lipinski definition) is 5. The van der Waals surface area contributed by atoms with Crippen LogP contribution in [0.25, 0.3) is 11.5 Å². The van der Waals surface area contributed by atoms with Crippen molar-refractivity contribution < 1.29 is 4.52 Å². The van der Waals surface area contributed by atoms with Crippen molar-refractivity contribution in [2.45, 2.75) is 19.9 Å². The topological polar surface area (TPSA) is 68.2 Å². The van der Waals surface area contributed by atoms with Gasteiger partial charge in [-0.25, -0.2) is 0 Å². The molecular formula is C14H20N4O. The van der Waals surface area contributed by atoms with Gasteiger partial charge in [-0.2, -0.15) is 4.98 Å². The maximum absolute atomic E-state index is 6.01. The highest BCUT2D eigenvalue weighted by atomic mass is 16.5. The second-order valence-electron chi connectivity index (χ2n) is 5.13. The van der Waals surface area contributed by atoms with E-state index in [9.17, 15) is 0 Å². The molecule has 0 saturated carbocycles. The number of aromatic nitrogens is 2. The molecule has 5 nitrogen and oxygen atoms in total. The first-order valence-electron chi connectivity index (χ1n) is 6.29. The Balaban J connectivity index is 2.22. The molecule has 0 bridgehead atoms. The van der Waals surface area contributed by atoms with Crippen LogP contribution in [0.5, 0.6) is 0 Å². The van der Waals surface area contributed by atoms with Crippen LogP contribution in [0.15, 0.2) is 22.7 Å². The Labute approximate surface area is 113 Å². The minimum Gasteiger partial charge on any atom is -0.334 e. The van der Waals surface area contributed by atoms with Crippen molar-refractivity contribution in [3.63, 3.8) is 0 Å². The molecule has 0 fully saturated rings. The van der Waals surface area contributed by atoms with Crippen molar-refractivity contribution in [3.8, 4) is 11.5 Å². The predicted molar refractivity (Wildman–Crippen MR) is 74.7 cm³/mol. The molecule has 0 saturated heterocycles. The largest absolute Gasteiger partial charge is 0.334 e. The van der Waals surface area contributed by atoms with Crippen LogP contribution in [0.3, 0.4) is 0 Å². The molecule has 0 aliphatic rings. The van der Waals surface area contributed by atoms with Gasteiger partial charge >= 0.3 is 0 Å². The first kappa shape index (κ1) is 13.7. The number of nitrogens with two attached hydrogens (primary N) is 1. The Hall–Kier alpha value is -1.72. The molecule has 1 heterocycles. The number of likely N-dealkylation sites (N-methyl/N-ethyl adjacent to an activating group) is 1. The number of hydrogen-bond donors (Lipinski definition) is 1. The predicted octanol–water partition coefficient (Wildman–Crippen LogP) is 1.91. The molecule has 0 radical (unpaired) electrons. The molecule has 2 N–H and O–H groups in total. The summed E-state index contributed by atoms with van der Waals surface area (Å²) in [6, 6.07) is 5.84. The van der Waals surface area contributed by atoms with Crippen LogP contribution in [-0.4, -0.2) is 35.7 Å². The van der Waals surface area contributed by atoms with Gasteiger partial charge in [-0.15, -0.1) is 0 Å². The Morgan fingerprint density at radius 1 is 1.26 bits per heavy atom. The van der Waals surface area contributed by atoms with Crippen LogP contribution < -0.4 is 5.73 Å². The molecule has 1 aromatic carbocycles. The molecule has 1 atom stereocenters. The minimum atomic E-state index is -0.237. The van der Waals surface area contributed by atoms with E-state index in [1.54, 1.807) is 0 Å². The first-order valence-corrected chi connectivity index (χ1v) is 6.29. The van der Waals surface area contributed by atoms with Gasteiger partial charge in [0.25, 0.3) is 5.89 Å². The Morgan fingerprint density at radius 3 is 2.63 bits per heavy atom. The summed E-state index contributed by atoms with van der Waals surface area (Å²) in [5.41, 5.74) is 9.39. The van der Waals surface area contributed by atoms with Crippen molar-refractivity contribution in [3.05, 3.63) is 35.2 Å². The lowest BCUT2D eigenvalue weighted by Gasteiger charge is -2.12. The molecule has 2 aromatic rings.